The van der Waals surface area contributed by atoms with Crippen LogP contribution in [0.1, 0.15) is 58.2 Å². The molecule has 2 aromatic rings. The minimum Gasteiger partial charge on any atom is -0.370 e. The van der Waals surface area contributed by atoms with Gasteiger partial charge in [0.05, 0.1) is 5.39 Å². The fraction of sp³-hybridized carbons (Fsp3) is 0.625. The summed E-state index contributed by atoms with van der Waals surface area (Å²) < 4.78 is 0. The highest BCUT2D eigenvalue weighted by atomic mass is 32.1. The van der Waals surface area contributed by atoms with Gasteiger partial charge in [0, 0.05) is 12.5 Å². The molecule has 0 atom stereocenters. The van der Waals surface area contributed by atoms with Gasteiger partial charge in [0.2, 0.25) is 0 Å². The molecule has 1 aliphatic rings. The Morgan fingerprint density at radius 1 is 1.30 bits per heavy atom. The lowest BCUT2D eigenvalue weighted by Crippen LogP contribution is -2.21. The average Bonchev–Trinajstić information content (AvgIpc) is 2.87. The molecule has 4 heteroatoms. The third-order valence-electron chi connectivity index (χ3n) is 4.39. The number of nitrogens with one attached hydrogen (secondary N) is 1. The molecule has 1 aliphatic carbocycles. The van der Waals surface area contributed by atoms with Gasteiger partial charge in [0.15, 0.2) is 0 Å². The zero-order chi connectivity index (χ0) is 14.2. The van der Waals surface area contributed by atoms with Crippen molar-refractivity contribution in [2.75, 3.05) is 11.9 Å². The predicted molar refractivity (Wildman–Crippen MR) is 86.6 cm³/mol. The molecule has 0 spiro atoms. The molecule has 0 aromatic carbocycles. The van der Waals surface area contributed by atoms with Crippen LogP contribution in [0.4, 0.5) is 5.82 Å². The first-order valence-corrected chi connectivity index (χ1v) is 8.46. The number of anilines is 1. The smallest absolute Gasteiger partial charge is 0.138 e. The molecule has 1 saturated carbocycles. The fourth-order valence-electron chi connectivity index (χ4n) is 3.01. The molecule has 0 bridgehead atoms. The molecule has 2 aromatic heterocycles. The molecule has 3 rings (SSSR count). The van der Waals surface area contributed by atoms with Gasteiger partial charge in [-0.1, -0.05) is 13.8 Å². The van der Waals surface area contributed by atoms with Crippen LogP contribution < -0.4 is 5.32 Å². The van der Waals surface area contributed by atoms with E-state index < -0.39 is 0 Å². The predicted octanol–water partition coefficient (Wildman–Crippen LogP) is 4.81. The van der Waals surface area contributed by atoms with Crippen molar-refractivity contribution < 1.29 is 0 Å². The third-order valence-corrected chi connectivity index (χ3v) is 5.20. The zero-order valence-electron chi connectivity index (χ0n) is 12.6. The quantitative estimate of drug-likeness (QED) is 0.881. The summed E-state index contributed by atoms with van der Waals surface area (Å²) >= 11 is 1.71. The Morgan fingerprint density at radius 2 is 2.05 bits per heavy atom. The maximum Gasteiger partial charge on any atom is 0.138 e. The summed E-state index contributed by atoms with van der Waals surface area (Å²) in [6.07, 6.45) is 4.99. The first-order chi connectivity index (χ1) is 9.59. The third kappa shape index (κ3) is 2.66. The topological polar surface area (TPSA) is 37.8 Å². The van der Waals surface area contributed by atoms with E-state index in [4.69, 9.17) is 9.97 Å². The van der Waals surface area contributed by atoms with Gasteiger partial charge in [-0.3, -0.25) is 0 Å². The Bertz CT molecular complexity index is 593. The van der Waals surface area contributed by atoms with Crippen molar-refractivity contribution in [2.24, 2.45) is 5.41 Å². The molecule has 20 heavy (non-hydrogen) atoms. The number of nitrogens with zero attached hydrogens (tertiary/aromatic N) is 2. The molecule has 0 aliphatic heterocycles. The summed E-state index contributed by atoms with van der Waals surface area (Å²) in [6.45, 7) is 7.76. The Hall–Kier alpha value is -1.16. The molecule has 0 amide bonds. The van der Waals surface area contributed by atoms with Gasteiger partial charge >= 0.3 is 0 Å². The van der Waals surface area contributed by atoms with Crippen LogP contribution in [0.5, 0.6) is 0 Å². The molecule has 2 heterocycles. The number of fused-ring (bicyclic) bond motifs is 1. The van der Waals surface area contributed by atoms with Gasteiger partial charge in [0.1, 0.15) is 16.5 Å². The van der Waals surface area contributed by atoms with Crippen LogP contribution >= 0.6 is 11.3 Å². The van der Waals surface area contributed by atoms with Crippen LogP contribution in [0, 0.1) is 5.41 Å². The normalized spacial score (nSPS) is 19.4. The van der Waals surface area contributed by atoms with Crippen molar-refractivity contribution in [1.29, 1.82) is 0 Å². The molecule has 0 unspecified atom stereocenters. The molecule has 1 fully saturated rings. The van der Waals surface area contributed by atoms with Gasteiger partial charge in [0.25, 0.3) is 0 Å². The number of rotatable bonds is 3. The maximum atomic E-state index is 4.82. The largest absolute Gasteiger partial charge is 0.370 e. The Balaban J connectivity index is 1.91. The molecule has 1 N–H and O–H groups in total. The van der Waals surface area contributed by atoms with Gasteiger partial charge in [-0.25, -0.2) is 9.97 Å². The van der Waals surface area contributed by atoms with Crippen molar-refractivity contribution in [2.45, 2.75) is 52.4 Å². The first kappa shape index (κ1) is 13.8. The maximum absolute atomic E-state index is 4.82. The van der Waals surface area contributed by atoms with E-state index in [-0.39, 0.29) is 0 Å². The molecular weight excluding hydrogens is 266 g/mol. The number of aromatic nitrogens is 2. The second-order valence-electron chi connectivity index (χ2n) is 6.54. The van der Waals surface area contributed by atoms with Crippen LogP contribution in [-0.2, 0) is 0 Å². The standard InChI is InChI=1S/C16H23N3S/c1-4-17-14-12-7-10-20-15(12)19-13(18-14)11-5-8-16(2,3)9-6-11/h7,10-11H,4-6,8-9H2,1-3H3,(H,17,18,19). The highest BCUT2D eigenvalue weighted by Gasteiger charge is 2.29. The minimum atomic E-state index is 0.494. The first-order valence-electron chi connectivity index (χ1n) is 7.58. The van der Waals surface area contributed by atoms with E-state index >= 15 is 0 Å². The van der Waals surface area contributed by atoms with E-state index in [0.29, 0.717) is 11.3 Å². The molecule has 3 nitrogen and oxygen atoms in total. The average molecular weight is 289 g/mol. The second-order valence-corrected chi connectivity index (χ2v) is 7.43. The lowest BCUT2D eigenvalue weighted by Gasteiger charge is -2.33. The SMILES string of the molecule is CCNc1nc(C2CCC(C)(C)CC2)nc2sccc12. The highest BCUT2D eigenvalue weighted by Crippen LogP contribution is 2.42. The summed E-state index contributed by atoms with van der Waals surface area (Å²) in [5, 5.41) is 6.66. The van der Waals surface area contributed by atoms with Crippen LogP contribution in [0.3, 0.4) is 0 Å². The summed E-state index contributed by atoms with van der Waals surface area (Å²) in [4.78, 5) is 10.8. The van der Waals surface area contributed by atoms with Crippen LogP contribution in [-0.4, -0.2) is 16.5 Å². The Kier molecular flexibility index (Phi) is 3.67. The summed E-state index contributed by atoms with van der Waals surface area (Å²) in [5.74, 6) is 2.59. The molecule has 0 saturated heterocycles. The van der Waals surface area contributed by atoms with E-state index in [9.17, 15) is 0 Å². The monoisotopic (exact) mass is 289 g/mol. The van der Waals surface area contributed by atoms with Crippen molar-refractivity contribution in [1.82, 2.24) is 9.97 Å². The van der Waals surface area contributed by atoms with Gasteiger partial charge in [-0.05, 0) is 49.5 Å². The van der Waals surface area contributed by atoms with E-state index in [1.54, 1.807) is 11.3 Å². The van der Waals surface area contributed by atoms with Crippen molar-refractivity contribution in [3.8, 4) is 0 Å². The zero-order valence-corrected chi connectivity index (χ0v) is 13.4. The van der Waals surface area contributed by atoms with Gasteiger partial charge in [-0.15, -0.1) is 11.3 Å². The van der Waals surface area contributed by atoms with E-state index in [2.05, 4.69) is 37.5 Å². The summed E-state index contributed by atoms with van der Waals surface area (Å²) in [7, 11) is 0. The summed E-state index contributed by atoms with van der Waals surface area (Å²) in [5.41, 5.74) is 0.494. The fourth-order valence-corrected chi connectivity index (χ4v) is 3.79. The Labute approximate surface area is 124 Å². The van der Waals surface area contributed by atoms with E-state index in [1.807, 2.05) is 0 Å². The van der Waals surface area contributed by atoms with Gasteiger partial charge in [-0.2, -0.15) is 0 Å². The lowest BCUT2D eigenvalue weighted by atomic mass is 9.73. The van der Waals surface area contributed by atoms with Gasteiger partial charge < -0.3 is 5.32 Å². The number of thiophene rings is 1. The number of hydrogen-bond acceptors (Lipinski definition) is 4. The van der Waals surface area contributed by atoms with Crippen LogP contribution in [0.15, 0.2) is 11.4 Å². The van der Waals surface area contributed by atoms with Crippen LogP contribution in [0.2, 0.25) is 0 Å². The van der Waals surface area contributed by atoms with Crippen LogP contribution in [0.25, 0.3) is 10.2 Å². The highest BCUT2D eigenvalue weighted by molar-refractivity contribution is 7.16. The molecule has 108 valence electrons. The molecular formula is C16H23N3S. The van der Waals surface area contributed by atoms with Crippen molar-refractivity contribution in [3.63, 3.8) is 0 Å². The van der Waals surface area contributed by atoms with Crippen molar-refractivity contribution in [3.05, 3.63) is 17.3 Å². The lowest BCUT2D eigenvalue weighted by molar-refractivity contribution is 0.221. The van der Waals surface area contributed by atoms with E-state index in [1.165, 1.54) is 25.7 Å². The minimum absolute atomic E-state index is 0.494. The second kappa shape index (κ2) is 5.32. The molecule has 0 radical (unpaired) electrons. The van der Waals surface area contributed by atoms with Crippen molar-refractivity contribution >= 4 is 27.4 Å². The Morgan fingerprint density at radius 3 is 2.75 bits per heavy atom. The summed E-state index contributed by atoms with van der Waals surface area (Å²) in [6, 6.07) is 2.12. The van der Waals surface area contributed by atoms with E-state index in [0.717, 1.165) is 28.4 Å². The number of hydrogen-bond donors (Lipinski definition) is 1.